The van der Waals surface area contributed by atoms with Gasteiger partial charge in [0.25, 0.3) is 0 Å². The summed E-state index contributed by atoms with van der Waals surface area (Å²) < 4.78 is 0. The van der Waals surface area contributed by atoms with Crippen LogP contribution in [0.1, 0.15) is 31.2 Å². The Morgan fingerprint density at radius 2 is 2.05 bits per heavy atom. The second-order valence-electron chi connectivity index (χ2n) is 5.95. The summed E-state index contributed by atoms with van der Waals surface area (Å²) in [7, 11) is 0. The summed E-state index contributed by atoms with van der Waals surface area (Å²) in [5.74, 6) is 0.944. The zero-order chi connectivity index (χ0) is 13.9. The number of thiophene rings is 1. The molecule has 1 aliphatic heterocycles. The molecule has 0 spiro atoms. The number of likely N-dealkylation sites (tertiary alicyclic amines) is 1. The Hall–Kier alpha value is -0.690. The van der Waals surface area contributed by atoms with Gasteiger partial charge < -0.3 is 5.32 Å². The molecule has 0 amide bonds. The molecule has 1 N–H and O–H groups in total. The lowest BCUT2D eigenvalue weighted by molar-refractivity contribution is -0.380. The van der Waals surface area contributed by atoms with E-state index < -0.39 is 0 Å². The summed E-state index contributed by atoms with van der Waals surface area (Å²) >= 11 is 1.23. The molecule has 1 aromatic heterocycles. The Morgan fingerprint density at radius 1 is 1.33 bits per heavy atom. The number of nitrogens with one attached hydrogen (secondary N) is 1. The van der Waals surface area contributed by atoms with Crippen LogP contribution in [0.5, 0.6) is 0 Å². The van der Waals surface area contributed by atoms with Crippen LogP contribution in [0.15, 0.2) is 11.4 Å². The van der Waals surface area contributed by atoms with E-state index in [9.17, 15) is 10.1 Å². The minimum absolute atomic E-state index is 0. The molecular formula is C14H22ClN3O2S. The molecule has 2 fully saturated rings. The average molecular weight is 332 g/mol. The zero-order valence-electron chi connectivity index (χ0n) is 12.0. The predicted molar refractivity (Wildman–Crippen MR) is 87.2 cm³/mol. The van der Waals surface area contributed by atoms with Crippen LogP contribution < -0.4 is 5.32 Å². The van der Waals surface area contributed by atoms with Crippen LogP contribution in [0.25, 0.3) is 0 Å². The third-order valence-electron chi connectivity index (χ3n) is 4.21. The van der Waals surface area contributed by atoms with Gasteiger partial charge in [0.15, 0.2) is 0 Å². The Kier molecular flexibility index (Phi) is 5.98. The van der Waals surface area contributed by atoms with Crippen molar-refractivity contribution in [3.8, 4) is 0 Å². The van der Waals surface area contributed by atoms with Gasteiger partial charge in [0, 0.05) is 24.0 Å². The minimum atomic E-state index is -0.303. The molecule has 0 bridgehead atoms. The first-order valence-electron chi connectivity index (χ1n) is 7.38. The number of piperidine rings is 1. The summed E-state index contributed by atoms with van der Waals surface area (Å²) in [5, 5.41) is 16.5. The van der Waals surface area contributed by atoms with E-state index in [0.29, 0.717) is 6.04 Å². The Bertz CT molecular complexity index is 471. The quantitative estimate of drug-likeness (QED) is 0.643. The van der Waals surface area contributed by atoms with E-state index in [1.807, 2.05) is 5.38 Å². The molecular weight excluding hydrogens is 310 g/mol. The molecule has 2 aliphatic rings. The monoisotopic (exact) mass is 331 g/mol. The van der Waals surface area contributed by atoms with Gasteiger partial charge in [-0.1, -0.05) is 11.3 Å². The van der Waals surface area contributed by atoms with Gasteiger partial charge in [0.2, 0.25) is 0 Å². The third kappa shape index (κ3) is 4.92. The minimum Gasteiger partial charge on any atom is -0.314 e. The maximum absolute atomic E-state index is 10.7. The highest BCUT2D eigenvalue weighted by atomic mass is 35.5. The maximum atomic E-state index is 10.7. The number of rotatable bonds is 6. The summed E-state index contributed by atoms with van der Waals surface area (Å²) in [4.78, 5) is 12.8. The summed E-state index contributed by atoms with van der Waals surface area (Å²) in [6.45, 7) is 4.22. The van der Waals surface area contributed by atoms with Gasteiger partial charge >= 0.3 is 5.00 Å². The average Bonchev–Trinajstić information content (AvgIpc) is 3.15. The SMILES string of the molecule is Cl.O=[N+]([O-])c1cc(CN2CCC(NCC3CC3)CC2)cs1. The van der Waals surface area contributed by atoms with Crippen molar-refractivity contribution in [2.45, 2.75) is 38.3 Å². The first-order chi connectivity index (χ1) is 9.70. The molecule has 3 rings (SSSR count). The number of halogens is 1. The van der Waals surface area contributed by atoms with Crippen molar-refractivity contribution in [2.24, 2.45) is 5.92 Å². The van der Waals surface area contributed by atoms with E-state index in [2.05, 4.69) is 10.2 Å². The first-order valence-corrected chi connectivity index (χ1v) is 8.26. The number of nitrogens with zero attached hydrogens (tertiary/aromatic N) is 2. The van der Waals surface area contributed by atoms with E-state index in [1.165, 1.54) is 43.6 Å². The summed E-state index contributed by atoms with van der Waals surface area (Å²) in [6.07, 6.45) is 5.20. The van der Waals surface area contributed by atoms with Gasteiger partial charge in [-0.2, -0.15) is 0 Å². The van der Waals surface area contributed by atoms with E-state index in [-0.39, 0.29) is 22.3 Å². The lowest BCUT2D eigenvalue weighted by atomic mass is 10.0. The smallest absolute Gasteiger partial charge is 0.314 e. The first kappa shape index (κ1) is 16.7. The molecule has 0 aromatic carbocycles. The highest BCUT2D eigenvalue weighted by Crippen LogP contribution is 2.28. The van der Waals surface area contributed by atoms with E-state index >= 15 is 0 Å². The van der Waals surface area contributed by atoms with Crippen LogP contribution in [0.3, 0.4) is 0 Å². The molecule has 5 nitrogen and oxygen atoms in total. The van der Waals surface area contributed by atoms with Crippen molar-refractivity contribution in [1.82, 2.24) is 10.2 Å². The lowest BCUT2D eigenvalue weighted by Gasteiger charge is -2.32. The third-order valence-corrected chi connectivity index (χ3v) is 5.13. The van der Waals surface area contributed by atoms with Crippen LogP contribution in [-0.2, 0) is 6.54 Å². The van der Waals surface area contributed by atoms with Crippen molar-refractivity contribution in [1.29, 1.82) is 0 Å². The highest BCUT2D eigenvalue weighted by molar-refractivity contribution is 7.13. The van der Waals surface area contributed by atoms with E-state index in [0.717, 1.165) is 31.1 Å². The van der Waals surface area contributed by atoms with Crippen LogP contribution in [0, 0.1) is 16.0 Å². The van der Waals surface area contributed by atoms with Crippen LogP contribution in [0.4, 0.5) is 5.00 Å². The fourth-order valence-electron chi connectivity index (χ4n) is 2.75. The topological polar surface area (TPSA) is 58.4 Å². The van der Waals surface area contributed by atoms with Crippen molar-refractivity contribution in [3.63, 3.8) is 0 Å². The van der Waals surface area contributed by atoms with Crippen molar-refractivity contribution in [3.05, 3.63) is 27.1 Å². The fourth-order valence-corrected chi connectivity index (χ4v) is 3.47. The summed E-state index contributed by atoms with van der Waals surface area (Å²) in [5.41, 5.74) is 1.08. The van der Waals surface area contributed by atoms with E-state index in [4.69, 9.17) is 0 Å². The van der Waals surface area contributed by atoms with Crippen LogP contribution >= 0.6 is 23.7 Å². The van der Waals surface area contributed by atoms with Crippen LogP contribution in [0.2, 0.25) is 0 Å². The zero-order valence-corrected chi connectivity index (χ0v) is 13.6. The van der Waals surface area contributed by atoms with Gasteiger partial charge in [-0.25, -0.2) is 0 Å². The molecule has 1 aromatic rings. The highest BCUT2D eigenvalue weighted by Gasteiger charge is 2.24. The Balaban J connectivity index is 0.00000161. The lowest BCUT2D eigenvalue weighted by Crippen LogP contribution is -2.42. The molecule has 2 heterocycles. The normalized spacial score (nSPS) is 20.2. The second-order valence-corrected chi connectivity index (χ2v) is 6.84. The van der Waals surface area contributed by atoms with Crippen LogP contribution in [-0.4, -0.2) is 35.5 Å². The molecule has 118 valence electrons. The maximum Gasteiger partial charge on any atom is 0.324 e. The molecule has 0 atom stereocenters. The molecule has 0 radical (unpaired) electrons. The van der Waals surface area contributed by atoms with Crippen molar-refractivity contribution >= 4 is 28.7 Å². The standard InChI is InChI=1S/C14H21N3O2S.ClH/c18-17(19)14-7-12(10-20-14)9-16-5-3-13(4-6-16)15-8-11-1-2-11;/h7,10-11,13,15H,1-6,8-9H2;1H. The molecule has 1 aliphatic carbocycles. The number of hydrogen-bond acceptors (Lipinski definition) is 5. The second kappa shape index (κ2) is 7.54. The predicted octanol–water partition coefficient (Wildman–Crippen LogP) is 3.04. The molecule has 0 unspecified atom stereocenters. The summed E-state index contributed by atoms with van der Waals surface area (Å²) in [6, 6.07) is 2.38. The van der Waals surface area contributed by atoms with Gasteiger partial charge in [-0.05, 0) is 56.8 Å². The van der Waals surface area contributed by atoms with E-state index in [1.54, 1.807) is 6.07 Å². The molecule has 1 saturated heterocycles. The Morgan fingerprint density at radius 3 is 2.62 bits per heavy atom. The van der Waals surface area contributed by atoms with Gasteiger partial charge in [0.1, 0.15) is 0 Å². The molecule has 7 heteroatoms. The largest absolute Gasteiger partial charge is 0.324 e. The number of nitro groups is 1. The molecule has 21 heavy (non-hydrogen) atoms. The fraction of sp³-hybridized carbons (Fsp3) is 0.714. The van der Waals surface area contributed by atoms with Gasteiger partial charge in [-0.15, -0.1) is 12.4 Å². The van der Waals surface area contributed by atoms with Crippen molar-refractivity contribution < 1.29 is 4.92 Å². The van der Waals surface area contributed by atoms with Crippen molar-refractivity contribution in [2.75, 3.05) is 19.6 Å². The Labute approximate surface area is 135 Å². The van der Waals surface area contributed by atoms with Gasteiger partial charge in [0.05, 0.1) is 4.92 Å². The van der Waals surface area contributed by atoms with Gasteiger partial charge in [-0.3, -0.25) is 15.0 Å². The molecule has 1 saturated carbocycles. The number of hydrogen-bond donors (Lipinski definition) is 1.